The molecular weight excluding hydrogens is 206 g/mol. The fourth-order valence-corrected chi connectivity index (χ4v) is 1.08. The van der Waals surface area contributed by atoms with Gasteiger partial charge in [0.1, 0.15) is 12.4 Å². The summed E-state index contributed by atoms with van der Waals surface area (Å²) < 4.78 is 7.22. The summed E-state index contributed by atoms with van der Waals surface area (Å²) in [6.45, 7) is 6.25. The Morgan fingerprint density at radius 2 is 2.25 bits per heavy atom. The zero-order valence-electron chi connectivity index (χ0n) is 10.3. The van der Waals surface area contributed by atoms with Gasteiger partial charge in [-0.15, -0.1) is 0 Å². The quantitative estimate of drug-likeness (QED) is 0.826. The molecule has 90 valence electrons. The fourth-order valence-electron chi connectivity index (χ4n) is 1.08. The van der Waals surface area contributed by atoms with Gasteiger partial charge in [-0.1, -0.05) is 0 Å². The van der Waals surface area contributed by atoms with Crippen molar-refractivity contribution in [1.29, 1.82) is 0 Å². The van der Waals surface area contributed by atoms with Crippen molar-refractivity contribution in [2.45, 2.75) is 32.9 Å². The van der Waals surface area contributed by atoms with E-state index in [4.69, 9.17) is 4.74 Å². The first-order valence-corrected chi connectivity index (χ1v) is 5.25. The topological polar surface area (TPSA) is 56.2 Å². The van der Waals surface area contributed by atoms with Gasteiger partial charge in [-0.05, 0) is 20.8 Å². The molecule has 0 spiro atoms. The second kappa shape index (κ2) is 5.12. The first kappa shape index (κ1) is 12.7. The Labute approximate surface area is 95.8 Å². The van der Waals surface area contributed by atoms with Gasteiger partial charge in [-0.2, -0.15) is 0 Å². The standard InChI is InChI=1S/C11H19N3O2/c1-11(2,3)16-8-10(15)13-7-9-12-5-6-14(9)4/h5-6H,7-8H2,1-4H3,(H,13,15). The van der Waals surface area contributed by atoms with Gasteiger partial charge in [-0.3, -0.25) is 4.79 Å². The van der Waals surface area contributed by atoms with Gasteiger partial charge in [0.25, 0.3) is 0 Å². The van der Waals surface area contributed by atoms with Gasteiger partial charge in [-0.25, -0.2) is 4.98 Å². The number of hydrogen-bond acceptors (Lipinski definition) is 3. The summed E-state index contributed by atoms with van der Waals surface area (Å²) in [5.74, 6) is 0.696. The largest absolute Gasteiger partial charge is 0.366 e. The summed E-state index contributed by atoms with van der Waals surface area (Å²) >= 11 is 0. The Morgan fingerprint density at radius 1 is 1.56 bits per heavy atom. The molecule has 1 heterocycles. The van der Waals surface area contributed by atoms with Crippen molar-refractivity contribution in [3.05, 3.63) is 18.2 Å². The average Bonchev–Trinajstić information content (AvgIpc) is 2.57. The predicted octanol–water partition coefficient (Wildman–Crippen LogP) is 0.851. The van der Waals surface area contributed by atoms with E-state index in [1.165, 1.54) is 0 Å². The van der Waals surface area contributed by atoms with Crippen molar-refractivity contribution >= 4 is 5.91 Å². The highest BCUT2D eigenvalue weighted by Gasteiger charge is 2.12. The molecule has 0 fully saturated rings. The van der Waals surface area contributed by atoms with Gasteiger partial charge in [0.05, 0.1) is 12.1 Å². The maximum absolute atomic E-state index is 11.4. The van der Waals surface area contributed by atoms with Crippen LogP contribution in [-0.2, 0) is 23.1 Å². The molecule has 0 aromatic carbocycles. The van der Waals surface area contributed by atoms with Crippen LogP contribution in [0, 0.1) is 0 Å². The molecule has 0 aliphatic carbocycles. The highest BCUT2D eigenvalue weighted by atomic mass is 16.5. The zero-order chi connectivity index (χ0) is 12.2. The van der Waals surface area contributed by atoms with Crippen molar-refractivity contribution in [1.82, 2.24) is 14.9 Å². The second-order valence-corrected chi connectivity index (χ2v) is 4.63. The number of rotatable bonds is 4. The van der Waals surface area contributed by atoms with E-state index in [1.54, 1.807) is 6.20 Å². The van der Waals surface area contributed by atoms with E-state index < -0.39 is 0 Å². The lowest BCUT2D eigenvalue weighted by Gasteiger charge is -2.18. The number of carbonyl (C=O) groups is 1. The third kappa shape index (κ3) is 4.44. The van der Waals surface area contributed by atoms with E-state index in [-0.39, 0.29) is 18.1 Å². The third-order valence-corrected chi connectivity index (χ3v) is 2.00. The van der Waals surface area contributed by atoms with Crippen LogP contribution in [0.25, 0.3) is 0 Å². The van der Waals surface area contributed by atoms with E-state index in [0.717, 1.165) is 5.82 Å². The van der Waals surface area contributed by atoms with E-state index in [0.29, 0.717) is 6.54 Å². The number of nitrogens with zero attached hydrogens (tertiary/aromatic N) is 2. The minimum absolute atomic E-state index is 0.0773. The molecule has 16 heavy (non-hydrogen) atoms. The second-order valence-electron chi connectivity index (χ2n) is 4.63. The minimum Gasteiger partial charge on any atom is -0.366 e. The van der Waals surface area contributed by atoms with Gasteiger partial charge < -0.3 is 14.6 Å². The molecular formula is C11H19N3O2. The van der Waals surface area contributed by atoms with E-state index in [9.17, 15) is 4.79 Å². The summed E-state index contributed by atoms with van der Waals surface area (Å²) in [6.07, 6.45) is 3.54. The number of amides is 1. The molecule has 0 atom stereocenters. The molecule has 0 aliphatic heterocycles. The lowest BCUT2D eigenvalue weighted by molar-refractivity contribution is -0.130. The van der Waals surface area contributed by atoms with Crippen molar-refractivity contribution < 1.29 is 9.53 Å². The highest BCUT2D eigenvalue weighted by Crippen LogP contribution is 2.05. The Morgan fingerprint density at radius 3 is 2.75 bits per heavy atom. The van der Waals surface area contributed by atoms with Crippen LogP contribution in [0.3, 0.4) is 0 Å². The number of imidazole rings is 1. The van der Waals surface area contributed by atoms with E-state index >= 15 is 0 Å². The third-order valence-electron chi connectivity index (χ3n) is 2.00. The molecule has 5 heteroatoms. The molecule has 0 unspecified atom stereocenters. The predicted molar refractivity (Wildman–Crippen MR) is 60.8 cm³/mol. The van der Waals surface area contributed by atoms with Gasteiger partial charge in [0, 0.05) is 19.4 Å². The zero-order valence-corrected chi connectivity index (χ0v) is 10.3. The summed E-state index contributed by atoms with van der Waals surface area (Å²) in [5, 5.41) is 2.75. The maximum Gasteiger partial charge on any atom is 0.246 e. The van der Waals surface area contributed by atoms with Crippen LogP contribution in [0.1, 0.15) is 26.6 Å². The van der Waals surface area contributed by atoms with E-state index in [1.807, 2.05) is 38.6 Å². The molecule has 1 N–H and O–H groups in total. The molecule has 0 aliphatic rings. The molecule has 0 saturated heterocycles. The normalized spacial score (nSPS) is 11.5. The van der Waals surface area contributed by atoms with Crippen LogP contribution in [0.2, 0.25) is 0 Å². The lowest BCUT2D eigenvalue weighted by Crippen LogP contribution is -2.32. The van der Waals surface area contributed by atoms with Crippen molar-refractivity contribution in [2.24, 2.45) is 7.05 Å². The molecule has 1 amide bonds. The number of carbonyl (C=O) groups excluding carboxylic acids is 1. The van der Waals surface area contributed by atoms with Crippen LogP contribution in [0.4, 0.5) is 0 Å². The summed E-state index contributed by atoms with van der Waals surface area (Å²) in [6, 6.07) is 0. The van der Waals surface area contributed by atoms with Crippen molar-refractivity contribution in [3.63, 3.8) is 0 Å². The SMILES string of the molecule is Cn1ccnc1CNC(=O)COC(C)(C)C. The number of ether oxygens (including phenoxy) is 1. The minimum atomic E-state index is -0.291. The van der Waals surface area contributed by atoms with Crippen molar-refractivity contribution in [2.75, 3.05) is 6.61 Å². The average molecular weight is 225 g/mol. The fraction of sp³-hybridized carbons (Fsp3) is 0.636. The Hall–Kier alpha value is -1.36. The first-order chi connectivity index (χ1) is 7.38. The Bertz CT molecular complexity index is 352. The number of hydrogen-bond donors (Lipinski definition) is 1. The van der Waals surface area contributed by atoms with Crippen LogP contribution in [0.5, 0.6) is 0 Å². The highest BCUT2D eigenvalue weighted by molar-refractivity contribution is 5.77. The first-order valence-electron chi connectivity index (χ1n) is 5.25. The number of aryl methyl sites for hydroxylation is 1. The Kier molecular flexibility index (Phi) is 4.06. The molecule has 0 radical (unpaired) electrons. The van der Waals surface area contributed by atoms with Crippen LogP contribution < -0.4 is 5.32 Å². The summed E-state index contributed by atoms with van der Waals surface area (Å²) in [7, 11) is 1.89. The summed E-state index contributed by atoms with van der Waals surface area (Å²) in [4.78, 5) is 15.5. The van der Waals surface area contributed by atoms with Crippen LogP contribution in [0.15, 0.2) is 12.4 Å². The maximum atomic E-state index is 11.4. The molecule has 1 aromatic heterocycles. The van der Waals surface area contributed by atoms with Crippen molar-refractivity contribution in [3.8, 4) is 0 Å². The van der Waals surface area contributed by atoms with Gasteiger partial charge >= 0.3 is 0 Å². The van der Waals surface area contributed by atoms with E-state index in [2.05, 4.69) is 10.3 Å². The molecule has 0 saturated carbocycles. The number of nitrogens with one attached hydrogen (secondary N) is 1. The molecule has 1 rings (SSSR count). The molecule has 1 aromatic rings. The number of aromatic nitrogens is 2. The van der Waals surface area contributed by atoms with Crippen LogP contribution >= 0.6 is 0 Å². The van der Waals surface area contributed by atoms with Crippen LogP contribution in [-0.4, -0.2) is 27.7 Å². The monoisotopic (exact) mass is 225 g/mol. The molecule has 5 nitrogen and oxygen atoms in total. The smallest absolute Gasteiger partial charge is 0.246 e. The summed E-state index contributed by atoms with van der Waals surface area (Å²) in [5.41, 5.74) is -0.291. The lowest BCUT2D eigenvalue weighted by atomic mass is 10.2. The Balaban J connectivity index is 2.29. The van der Waals surface area contributed by atoms with Gasteiger partial charge in [0.2, 0.25) is 5.91 Å². The molecule has 0 bridgehead atoms. The van der Waals surface area contributed by atoms with Gasteiger partial charge in [0.15, 0.2) is 0 Å².